The van der Waals surface area contributed by atoms with Crippen LogP contribution in [-0.2, 0) is 16.1 Å². The molecule has 1 aromatic rings. The van der Waals surface area contributed by atoms with Crippen molar-refractivity contribution in [3.05, 3.63) is 29.6 Å². The lowest BCUT2D eigenvalue weighted by Crippen LogP contribution is -2.63. The van der Waals surface area contributed by atoms with Crippen LogP contribution in [-0.4, -0.2) is 33.8 Å². The molecule has 1 fully saturated rings. The number of aryl methyl sites for hydroxylation is 1. The Bertz CT molecular complexity index is 497. The number of hydrogen-bond donors (Lipinski definition) is 1. The summed E-state index contributed by atoms with van der Waals surface area (Å²) >= 11 is 0. The summed E-state index contributed by atoms with van der Waals surface area (Å²) in [6.07, 6.45) is 3.46. The predicted octanol–water partition coefficient (Wildman–Crippen LogP) is 0.627. The first-order chi connectivity index (χ1) is 8.40. The molecule has 1 aliphatic rings. The maximum atomic E-state index is 12.2. The standard InChI is InChI=1S/C13H17N3O2/c1-9-6-14-5-4-10(9)7-16-8-11(17)15-13(2,3)12(16)18/h4-6H,7-8H2,1-3H3,(H,15,17). The van der Waals surface area contributed by atoms with Gasteiger partial charge in [-0.05, 0) is 38.0 Å². The summed E-state index contributed by atoms with van der Waals surface area (Å²) in [6, 6.07) is 1.88. The van der Waals surface area contributed by atoms with E-state index in [0.29, 0.717) is 6.54 Å². The van der Waals surface area contributed by atoms with Crippen LogP contribution >= 0.6 is 0 Å². The molecule has 1 aromatic heterocycles. The van der Waals surface area contributed by atoms with Gasteiger partial charge in [0.1, 0.15) is 5.54 Å². The average Bonchev–Trinajstić information content (AvgIpc) is 2.27. The molecule has 0 aliphatic carbocycles. The Labute approximate surface area is 106 Å². The summed E-state index contributed by atoms with van der Waals surface area (Å²) in [4.78, 5) is 29.4. The molecule has 0 spiro atoms. The summed E-state index contributed by atoms with van der Waals surface area (Å²) in [7, 11) is 0. The third-order valence-corrected chi connectivity index (χ3v) is 3.11. The summed E-state index contributed by atoms with van der Waals surface area (Å²) < 4.78 is 0. The van der Waals surface area contributed by atoms with Gasteiger partial charge in [0, 0.05) is 18.9 Å². The first-order valence-electron chi connectivity index (χ1n) is 5.90. The third kappa shape index (κ3) is 2.34. The van der Waals surface area contributed by atoms with Crippen molar-refractivity contribution < 1.29 is 9.59 Å². The Hall–Kier alpha value is -1.91. The summed E-state index contributed by atoms with van der Waals surface area (Å²) in [5, 5.41) is 2.69. The molecule has 0 atom stereocenters. The van der Waals surface area contributed by atoms with Gasteiger partial charge in [0.15, 0.2) is 0 Å². The second kappa shape index (κ2) is 4.40. The van der Waals surface area contributed by atoms with E-state index in [1.165, 1.54) is 0 Å². The molecule has 0 bridgehead atoms. The number of hydrogen-bond acceptors (Lipinski definition) is 3. The number of nitrogens with zero attached hydrogens (tertiary/aromatic N) is 2. The number of nitrogens with one attached hydrogen (secondary N) is 1. The van der Waals surface area contributed by atoms with E-state index in [4.69, 9.17) is 0 Å². The van der Waals surface area contributed by atoms with Gasteiger partial charge in [0.05, 0.1) is 6.54 Å². The minimum absolute atomic E-state index is 0.0571. The van der Waals surface area contributed by atoms with Crippen molar-refractivity contribution in [1.82, 2.24) is 15.2 Å². The molecule has 1 N–H and O–H groups in total. The van der Waals surface area contributed by atoms with Gasteiger partial charge in [-0.15, -0.1) is 0 Å². The maximum Gasteiger partial charge on any atom is 0.248 e. The van der Waals surface area contributed by atoms with E-state index >= 15 is 0 Å². The highest BCUT2D eigenvalue weighted by Crippen LogP contribution is 2.17. The molecular formula is C13H17N3O2. The van der Waals surface area contributed by atoms with E-state index < -0.39 is 5.54 Å². The van der Waals surface area contributed by atoms with E-state index in [1.807, 2.05) is 13.0 Å². The van der Waals surface area contributed by atoms with E-state index in [1.54, 1.807) is 31.1 Å². The first-order valence-corrected chi connectivity index (χ1v) is 5.90. The van der Waals surface area contributed by atoms with E-state index in [9.17, 15) is 9.59 Å². The fraction of sp³-hybridized carbons (Fsp3) is 0.462. The van der Waals surface area contributed by atoms with Crippen LogP contribution in [0.1, 0.15) is 25.0 Å². The molecule has 0 unspecified atom stereocenters. The summed E-state index contributed by atoms with van der Waals surface area (Å²) in [5.74, 6) is -0.176. The quantitative estimate of drug-likeness (QED) is 0.833. The lowest BCUT2D eigenvalue weighted by molar-refractivity contribution is -0.148. The zero-order valence-corrected chi connectivity index (χ0v) is 10.9. The molecule has 2 rings (SSSR count). The monoisotopic (exact) mass is 247 g/mol. The Morgan fingerprint density at radius 1 is 1.44 bits per heavy atom. The third-order valence-electron chi connectivity index (χ3n) is 3.11. The normalized spacial score (nSPS) is 18.7. The number of rotatable bonds is 2. The highest BCUT2D eigenvalue weighted by Gasteiger charge is 2.38. The van der Waals surface area contributed by atoms with Crippen LogP contribution in [0.15, 0.2) is 18.5 Å². The van der Waals surface area contributed by atoms with Crippen LogP contribution in [0.2, 0.25) is 0 Å². The first kappa shape index (κ1) is 12.5. The minimum atomic E-state index is -0.823. The molecule has 18 heavy (non-hydrogen) atoms. The van der Waals surface area contributed by atoms with Gasteiger partial charge in [-0.25, -0.2) is 0 Å². The predicted molar refractivity (Wildman–Crippen MR) is 66.6 cm³/mol. The van der Waals surface area contributed by atoms with E-state index in [2.05, 4.69) is 10.3 Å². The SMILES string of the molecule is Cc1cnccc1CN1CC(=O)NC(C)(C)C1=O. The van der Waals surface area contributed by atoms with Crippen LogP contribution in [0.3, 0.4) is 0 Å². The van der Waals surface area contributed by atoms with Gasteiger partial charge in [-0.3, -0.25) is 14.6 Å². The number of carbonyl (C=O) groups is 2. The molecule has 0 saturated carbocycles. The van der Waals surface area contributed by atoms with Crippen LogP contribution < -0.4 is 5.32 Å². The molecule has 5 heteroatoms. The smallest absolute Gasteiger partial charge is 0.248 e. The van der Waals surface area contributed by atoms with Crippen molar-refractivity contribution in [2.45, 2.75) is 32.9 Å². The molecule has 0 aromatic carbocycles. The number of carbonyl (C=O) groups excluding carboxylic acids is 2. The van der Waals surface area contributed by atoms with Gasteiger partial charge >= 0.3 is 0 Å². The molecule has 1 aliphatic heterocycles. The molecular weight excluding hydrogens is 230 g/mol. The number of amides is 2. The van der Waals surface area contributed by atoms with Gasteiger partial charge in [-0.2, -0.15) is 0 Å². The fourth-order valence-corrected chi connectivity index (χ4v) is 2.09. The van der Waals surface area contributed by atoms with Gasteiger partial charge < -0.3 is 10.2 Å². The zero-order valence-electron chi connectivity index (χ0n) is 10.9. The topological polar surface area (TPSA) is 62.3 Å². The Morgan fingerprint density at radius 2 is 2.17 bits per heavy atom. The Balaban J connectivity index is 2.21. The molecule has 2 amide bonds. The van der Waals surface area contributed by atoms with Crippen LogP contribution in [0.25, 0.3) is 0 Å². The van der Waals surface area contributed by atoms with Gasteiger partial charge in [0.2, 0.25) is 11.8 Å². The van der Waals surface area contributed by atoms with E-state index in [0.717, 1.165) is 11.1 Å². The molecule has 96 valence electrons. The van der Waals surface area contributed by atoms with Crippen molar-refractivity contribution >= 4 is 11.8 Å². The lowest BCUT2D eigenvalue weighted by Gasteiger charge is -2.37. The zero-order chi connectivity index (χ0) is 13.3. The molecule has 1 saturated heterocycles. The number of piperazine rings is 1. The second-order valence-electron chi connectivity index (χ2n) is 5.14. The maximum absolute atomic E-state index is 12.2. The molecule has 2 heterocycles. The van der Waals surface area contributed by atoms with Gasteiger partial charge in [-0.1, -0.05) is 0 Å². The van der Waals surface area contributed by atoms with Crippen molar-refractivity contribution in [3.8, 4) is 0 Å². The number of aromatic nitrogens is 1. The van der Waals surface area contributed by atoms with Crippen molar-refractivity contribution in [2.75, 3.05) is 6.54 Å². The minimum Gasteiger partial charge on any atom is -0.341 e. The van der Waals surface area contributed by atoms with Crippen molar-refractivity contribution in [1.29, 1.82) is 0 Å². The summed E-state index contributed by atoms with van der Waals surface area (Å²) in [6.45, 7) is 5.95. The number of pyridine rings is 1. The largest absolute Gasteiger partial charge is 0.341 e. The fourth-order valence-electron chi connectivity index (χ4n) is 2.09. The van der Waals surface area contributed by atoms with Crippen LogP contribution in [0.5, 0.6) is 0 Å². The Kier molecular flexibility index (Phi) is 3.07. The van der Waals surface area contributed by atoms with Crippen molar-refractivity contribution in [2.24, 2.45) is 0 Å². The van der Waals surface area contributed by atoms with Crippen LogP contribution in [0, 0.1) is 6.92 Å². The molecule has 0 radical (unpaired) electrons. The molecule has 5 nitrogen and oxygen atoms in total. The highest BCUT2D eigenvalue weighted by atomic mass is 16.2. The Morgan fingerprint density at radius 3 is 2.83 bits per heavy atom. The second-order valence-corrected chi connectivity index (χ2v) is 5.14. The highest BCUT2D eigenvalue weighted by molar-refractivity contribution is 5.97. The average molecular weight is 247 g/mol. The van der Waals surface area contributed by atoms with Crippen molar-refractivity contribution in [3.63, 3.8) is 0 Å². The van der Waals surface area contributed by atoms with Crippen LogP contribution in [0.4, 0.5) is 0 Å². The van der Waals surface area contributed by atoms with E-state index in [-0.39, 0.29) is 18.4 Å². The summed E-state index contributed by atoms with van der Waals surface area (Å²) in [5.41, 5.74) is 1.22. The van der Waals surface area contributed by atoms with Gasteiger partial charge in [0.25, 0.3) is 0 Å². The lowest BCUT2D eigenvalue weighted by atomic mass is 9.99.